The first kappa shape index (κ1) is 19.7. The molecule has 1 unspecified atom stereocenters. The highest BCUT2D eigenvalue weighted by atomic mass is 32.2. The number of benzene rings is 1. The van der Waals surface area contributed by atoms with Crippen molar-refractivity contribution in [2.24, 2.45) is 5.92 Å². The first-order chi connectivity index (χ1) is 12.0. The molecule has 2 aromatic rings. The third-order valence-electron chi connectivity index (χ3n) is 3.47. The van der Waals surface area contributed by atoms with Gasteiger partial charge in [0, 0.05) is 6.54 Å². The van der Waals surface area contributed by atoms with Crippen LogP contribution in [-0.2, 0) is 4.79 Å². The average molecular weight is 383 g/mol. The van der Waals surface area contributed by atoms with Gasteiger partial charge in [-0.05, 0) is 30.0 Å². The van der Waals surface area contributed by atoms with Crippen molar-refractivity contribution in [3.63, 3.8) is 0 Å². The fourth-order valence-corrected chi connectivity index (χ4v) is 3.81. The molecule has 1 atom stereocenters. The molecule has 5 nitrogen and oxygen atoms in total. The third kappa shape index (κ3) is 6.28. The van der Waals surface area contributed by atoms with Crippen molar-refractivity contribution in [3.8, 4) is 0 Å². The molecule has 0 aliphatic heterocycles. The van der Waals surface area contributed by atoms with Crippen LogP contribution in [0.2, 0.25) is 0 Å². The van der Waals surface area contributed by atoms with Crippen LogP contribution in [-0.4, -0.2) is 28.4 Å². The minimum absolute atomic E-state index is 0.0775. The number of hydrogen-bond acceptors (Lipinski definition) is 6. The summed E-state index contributed by atoms with van der Waals surface area (Å²) in [7, 11) is 0. The van der Waals surface area contributed by atoms with Gasteiger partial charge in [-0.2, -0.15) is 0 Å². The minimum atomic E-state index is -0.281. The Labute approximate surface area is 155 Å². The van der Waals surface area contributed by atoms with Crippen molar-refractivity contribution in [2.75, 3.05) is 17.6 Å². The number of rotatable bonds is 9. The summed E-state index contributed by atoms with van der Waals surface area (Å²) >= 11 is 2.81. The zero-order valence-corrected chi connectivity index (χ0v) is 16.2. The average Bonchev–Trinajstić information content (AvgIpc) is 3.04. The molecule has 0 bridgehead atoms. The number of nitrogens with one attached hydrogen (secondary N) is 2. The molecule has 2 N–H and O–H groups in total. The molecule has 0 aliphatic rings. The van der Waals surface area contributed by atoms with E-state index >= 15 is 0 Å². The lowest BCUT2D eigenvalue weighted by molar-refractivity contribution is -0.119. The molecule has 1 aromatic heterocycles. The summed E-state index contributed by atoms with van der Waals surface area (Å²) in [6.45, 7) is 6.99. The highest BCUT2D eigenvalue weighted by Crippen LogP contribution is 2.26. The van der Waals surface area contributed by atoms with Gasteiger partial charge in [-0.3, -0.25) is 4.79 Å². The molecule has 2 rings (SSSR count). The molecule has 25 heavy (non-hydrogen) atoms. The summed E-state index contributed by atoms with van der Waals surface area (Å²) in [4.78, 5) is 12.3. The van der Waals surface area contributed by atoms with Crippen molar-refractivity contribution in [2.45, 2.75) is 37.6 Å². The van der Waals surface area contributed by atoms with Crippen molar-refractivity contribution in [1.82, 2.24) is 15.5 Å². The van der Waals surface area contributed by atoms with Gasteiger partial charge < -0.3 is 10.6 Å². The lowest BCUT2D eigenvalue weighted by atomic mass is 9.96. The predicted molar refractivity (Wildman–Crippen MR) is 102 cm³/mol. The first-order valence-electron chi connectivity index (χ1n) is 8.24. The van der Waals surface area contributed by atoms with Gasteiger partial charge in [-0.1, -0.05) is 56.0 Å². The SMILES string of the molecule is CCCNc1nnc(SCC(=O)NC(c2ccc(F)cc2)C(C)C)s1. The number of nitrogens with zero attached hydrogens (tertiary/aromatic N) is 2. The largest absolute Gasteiger partial charge is 0.360 e. The van der Waals surface area contributed by atoms with E-state index in [0.717, 1.165) is 28.0 Å². The highest BCUT2D eigenvalue weighted by molar-refractivity contribution is 8.01. The second kappa shape index (κ2) is 9.72. The van der Waals surface area contributed by atoms with Crippen molar-refractivity contribution in [1.29, 1.82) is 0 Å². The molecule has 0 radical (unpaired) electrons. The Kier molecular flexibility index (Phi) is 7.64. The van der Waals surface area contributed by atoms with E-state index in [2.05, 4.69) is 27.8 Å². The number of hydrogen-bond donors (Lipinski definition) is 2. The molecular weight excluding hydrogens is 359 g/mol. The Hall–Kier alpha value is -1.67. The molecule has 0 spiro atoms. The smallest absolute Gasteiger partial charge is 0.230 e. The molecule has 1 amide bonds. The predicted octanol–water partition coefficient (Wildman–Crippen LogP) is 4.10. The summed E-state index contributed by atoms with van der Waals surface area (Å²) < 4.78 is 13.9. The van der Waals surface area contributed by atoms with Crippen LogP contribution in [0.5, 0.6) is 0 Å². The molecule has 0 saturated carbocycles. The maximum Gasteiger partial charge on any atom is 0.230 e. The van der Waals surface area contributed by atoms with Gasteiger partial charge in [0.1, 0.15) is 5.82 Å². The van der Waals surface area contributed by atoms with Crippen LogP contribution in [0.15, 0.2) is 28.6 Å². The Bertz CT molecular complexity index is 676. The number of thioether (sulfide) groups is 1. The normalized spacial score (nSPS) is 12.2. The van der Waals surface area contributed by atoms with Crippen LogP contribution in [0, 0.1) is 11.7 Å². The fraction of sp³-hybridized carbons (Fsp3) is 0.471. The first-order valence-corrected chi connectivity index (χ1v) is 10.0. The third-order valence-corrected chi connectivity index (χ3v) is 5.49. The highest BCUT2D eigenvalue weighted by Gasteiger charge is 2.19. The minimum Gasteiger partial charge on any atom is -0.360 e. The van der Waals surface area contributed by atoms with E-state index in [9.17, 15) is 9.18 Å². The Morgan fingerprint density at radius 2 is 2.00 bits per heavy atom. The van der Waals surface area contributed by atoms with Crippen LogP contribution in [0.3, 0.4) is 0 Å². The summed E-state index contributed by atoms with van der Waals surface area (Å²) in [5.74, 6) is 0.112. The van der Waals surface area contributed by atoms with Gasteiger partial charge in [0.25, 0.3) is 0 Å². The number of carbonyl (C=O) groups is 1. The Balaban J connectivity index is 1.88. The monoisotopic (exact) mass is 382 g/mol. The maximum atomic E-state index is 13.1. The van der Waals surface area contributed by atoms with E-state index < -0.39 is 0 Å². The molecule has 1 heterocycles. The van der Waals surface area contributed by atoms with E-state index in [0.29, 0.717) is 0 Å². The van der Waals surface area contributed by atoms with Gasteiger partial charge in [0.2, 0.25) is 11.0 Å². The van der Waals surface area contributed by atoms with Crippen LogP contribution in [0.1, 0.15) is 38.8 Å². The van der Waals surface area contributed by atoms with E-state index in [4.69, 9.17) is 0 Å². The van der Waals surface area contributed by atoms with Gasteiger partial charge in [0.15, 0.2) is 4.34 Å². The zero-order valence-electron chi connectivity index (χ0n) is 14.6. The second-order valence-electron chi connectivity index (χ2n) is 5.93. The van der Waals surface area contributed by atoms with Crippen LogP contribution in [0.4, 0.5) is 9.52 Å². The van der Waals surface area contributed by atoms with Gasteiger partial charge in [-0.25, -0.2) is 4.39 Å². The van der Waals surface area contributed by atoms with Gasteiger partial charge in [-0.15, -0.1) is 10.2 Å². The summed E-state index contributed by atoms with van der Waals surface area (Å²) in [5, 5.41) is 15.1. The maximum absolute atomic E-state index is 13.1. The standard InChI is InChI=1S/C17H23FN4OS2/c1-4-9-19-16-21-22-17(25-16)24-10-14(23)20-15(11(2)3)12-5-7-13(18)8-6-12/h5-8,11,15H,4,9-10H2,1-3H3,(H,19,21)(H,20,23). The molecule has 136 valence electrons. The number of amides is 1. The zero-order chi connectivity index (χ0) is 18.2. The molecular formula is C17H23FN4OS2. The fourth-order valence-electron chi connectivity index (χ4n) is 2.22. The van der Waals surface area contributed by atoms with Crippen molar-refractivity contribution >= 4 is 34.1 Å². The lowest BCUT2D eigenvalue weighted by Gasteiger charge is -2.22. The number of carbonyl (C=O) groups excluding carboxylic acids is 1. The summed E-state index contributed by atoms with van der Waals surface area (Å²) in [6.07, 6.45) is 1.02. The van der Waals surface area contributed by atoms with E-state index in [1.165, 1.54) is 35.2 Å². The Morgan fingerprint density at radius 1 is 1.28 bits per heavy atom. The second-order valence-corrected chi connectivity index (χ2v) is 8.13. The van der Waals surface area contributed by atoms with Gasteiger partial charge >= 0.3 is 0 Å². The molecule has 1 aromatic carbocycles. The summed E-state index contributed by atoms with van der Waals surface area (Å²) in [6, 6.07) is 6.10. The van der Waals surface area contributed by atoms with Crippen molar-refractivity contribution in [3.05, 3.63) is 35.6 Å². The lowest BCUT2D eigenvalue weighted by Crippen LogP contribution is -2.32. The topological polar surface area (TPSA) is 66.9 Å². The summed E-state index contributed by atoms with van der Waals surface area (Å²) in [5.41, 5.74) is 0.900. The van der Waals surface area contributed by atoms with Gasteiger partial charge in [0.05, 0.1) is 11.8 Å². The van der Waals surface area contributed by atoms with Crippen LogP contribution < -0.4 is 10.6 Å². The van der Waals surface area contributed by atoms with E-state index in [1.807, 2.05) is 13.8 Å². The Morgan fingerprint density at radius 3 is 2.64 bits per heavy atom. The number of aromatic nitrogens is 2. The molecule has 8 heteroatoms. The number of anilines is 1. The van der Waals surface area contributed by atoms with Crippen molar-refractivity contribution < 1.29 is 9.18 Å². The van der Waals surface area contributed by atoms with Crippen LogP contribution >= 0.6 is 23.1 Å². The number of halogens is 1. The molecule has 0 fully saturated rings. The quantitative estimate of drug-likeness (QED) is 0.639. The van der Waals surface area contributed by atoms with Crippen LogP contribution in [0.25, 0.3) is 0 Å². The van der Waals surface area contributed by atoms with E-state index in [1.54, 1.807) is 12.1 Å². The molecule has 0 aliphatic carbocycles. The molecule has 0 saturated heterocycles. The van der Waals surface area contributed by atoms with E-state index in [-0.39, 0.29) is 29.4 Å².